The van der Waals surface area contributed by atoms with Gasteiger partial charge in [-0.2, -0.15) is 0 Å². The smallest absolute Gasteiger partial charge is 0.262 e. The minimum Gasteiger partial charge on any atom is -0.372 e. The van der Waals surface area contributed by atoms with E-state index in [2.05, 4.69) is 4.98 Å². The van der Waals surface area contributed by atoms with Crippen LogP contribution >= 0.6 is 23.4 Å². The number of nitrogens with zero attached hydrogens (tertiary/aromatic N) is 3. The van der Waals surface area contributed by atoms with E-state index in [1.54, 1.807) is 22.8 Å². The Morgan fingerprint density at radius 2 is 2.04 bits per heavy atom. The molecule has 0 bridgehead atoms. The van der Waals surface area contributed by atoms with Crippen molar-refractivity contribution in [2.45, 2.75) is 51.1 Å². The Labute approximate surface area is 167 Å². The number of hydrogen-bond donors (Lipinski definition) is 0. The van der Waals surface area contributed by atoms with Crippen LogP contribution in [-0.4, -0.2) is 51.4 Å². The molecule has 1 aromatic carbocycles. The first kappa shape index (κ1) is 20.2. The van der Waals surface area contributed by atoms with Gasteiger partial charge in [0.25, 0.3) is 5.56 Å². The fourth-order valence-corrected chi connectivity index (χ4v) is 4.40. The van der Waals surface area contributed by atoms with Crippen LogP contribution < -0.4 is 5.56 Å². The summed E-state index contributed by atoms with van der Waals surface area (Å²) < 4.78 is 7.34. The van der Waals surface area contributed by atoms with E-state index in [4.69, 9.17) is 16.3 Å². The van der Waals surface area contributed by atoms with Crippen molar-refractivity contribution in [2.75, 3.05) is 18.8 Å². The van der Waals surface area contributed by atoms with Crippen molar-refractivity contribution in [1.29, 1.82) is 0 Å². The number of rotatable bonds is 5. The van der Waals surface area contributed by atoms with Crippen molar-refractivity contribution in [2.24, 2.45) is 0 Å². The van der Waals surface area contributed by atoms with Crippen molar-refractivity contribution < 1.29 is 9.53 Å². The highest BCUT2D eigenvalue weighted by Crippen LogP contribution is 2.22. The SMILES string of the molecule is CCCn1c(SCC(=O)N2C[C@@H](C)O[C@H](C)C2)nc2cc(Cl)ccc2c1=O. The van der Waals surface area contributed by atoms with Gasteiger partial charge in [-0.15, -0.1) is 0 Å². The molecule has 0 radical (unpaired) electrons. The minimum absolute atomic E-state index is 0.0295. The highest BCUT2D eigenvalue weighted by atomic mass is 35.5. The molecule has 1 aromatic heterocycles. The van der Waals surface area contributed by atoms with Crippen molar-refractivity contribution in [1.82, 2.24) is 14.5 Å². The normalized spacial score (nSPS) is 20.2. The first-order chi connectivity index (χ1) is 12.9. The van der Waals surface area contributed by atoms with Crippen LogP contribution in [0.3, 0.4) is 0 Å². The molecule has 0 aliphatic carbocycles. The summed E-state index contributed by atoms with van der Waals surface area (Å²) in [6.07, 6.45) is 0.865. The van der Waals surface area contributed by atoms with Gasteiger partial charge in [0, 0.05) is 24.7 Å². The van der Waals surface area contributed by atoms with Crippen molar-refractivity contribution in [3.05, 3.63) is 33.6 Å². The van der Waals surface area contributed by atoms with Crippen LogP contribution in [0.4, 0.5) is 0 Å². The van der Waals surface area contributed by atoms with Crippen molar-refractivity contribution in [3.8, 4) is 0 Å². The first-order valence-electron chi connectivity index (χ1n) is 9.15. The van der Waals surface area contributed by atoms with E-state index in [1.807, 2.05) is 25.7 Å². The van der Waals surface area contributed by atoms with Gasteiger partial charge in [0.2, 0.25) is 5.91 Å². The maximum atomic E-state index is 12.8. The highest BCUT2D eigenvalue weighted by molar-refractivity contribution is 7.99. The van der Waals surface area contributed by atoms with Gasteiger partial charge in [-0.05, 0) is 38.5 Å². The fraction of sp³-hybridized carbons (Fsp3) is 0.526. The average Bonchev–Trinajstić information content (AvgIpc) is 2.61. The maximum absolute atomic E-state index is 12.8. The summed E-state index contributed by atoms with van der Waals surface area (Å²) in [7, 11) is 0. The molecule has 2 atom stereocenters. The predicted octanol–water partition coefficient (Wildman–Crippen LogP) is 3.19. The number of fused-ring (bicyclic) bond motifs is 1. The lowest BCUT2D eigenvalue weighted by Crippen LogP contribution is -2.48. The molecule has 1 fully saturated rings. The third-order valence-electron chi connectivity index (χ3n) is 4.43. The lowest BCUT2D eigenvalue weighted by molar-refractivity contribution is -0.140. The maximum Gasteiger partial charge on any atom is 0.262 e. The summed E-state index contributed by atoms with van der Waals surface area (Å²) in [5, 5.41) is 1.63. The number of hydrogen-bond acceptors (Lipinski definition) is 5. The molecule has 2 heterocycles. The van der Waals surface area contributed by atoms with Gasteiger partial charge < -0.3 is 9.64 Å². The largest absolute Gasteiger partial charge is 0.372 e. The summed E-state index contributed by atoms with van der Waals surface area (Å²) in [4.78, 5) is 31.9. The molecule has 1 aliphatic heterocycles. The van der Waals surface area contributed by atoms with E-state index < -0.39 is 0 Å². The second-order valence-corrected chi connectivity index (χ2v) is 8.24. The zero-order chi connectivity index (χ0) is 19.6. The first-order valence-corrected chi connectivity index (χ1v) is 10.5. The van der Waals surface area contributed by atoms with Gasteiger partial charge in [-0.1, -0.05) is 30.3 Å². The third kappa shape index (κ3) is 4.65. The number of carbonyl (C=O) groups is 1. The Morgan fingerprint density at radius 3 is 2.70 bits per heavy atom. The molecule has 0 saturated carbocycles. The third-order valence-corrected chi connectivity index (χ3v) is 5.62. The van der Waals surface area contributed by atoms with Crippen LogP contribution in [-0.2, 0) is 16.1 Å². The van der Waals surface area contributed by atoms with Gasteiger partial charge in [0.15, 0.2) is 5.16 Å². The molecule has 6 nitrogen and oxygen atoms in total. The second-order valence-electron chi connectivity index (χ2n) is 6.86. The van der Waals surface area contributed by atoms with Crippen LogP contribution in [0.2, 0.25) is 5.02 Å². The van der Waals surface area contributed by atoms with Crippen molar-refractivity contribution in [3.63, 3.8) is 0 Å². The highest BCUT2D eigenvalue weighted by Gasteiger charge is 2.26. The number of morpholine rings is 1. The zero-order valence-electron chi connectivity index (χ0n) is 15.8. The molecule has 0 spiro atoms. The molecular weight excluding hydrogens is 386 g/mol. The molecule has 1 amide bonds. The van der Waals surface area contributed by atoms with Crippen LogP contribution in [0, 0.1) is 0 Å². The molecule has 3 rings (SSSR count). The van der Waals surface area contributed by atoms with E-state index in [1.165, 1.54) is 11.8 Å². The number of amides is 1. The van der Waals surface area contributed by atoms with Gasteiger partial charge >= 0.3 is 0 Å². The van der Waals surface area contributed by atoms with E-state index in [0.717, 1.165) is 6.42 Å². The Balaban J connectivity index is 1.84. The number of benzene rings is 1. The zero-order valence-corrected chi connectivity index (χ0v) is 17.3. The monoisotopic (exact) mass is 409 g/mol. The lowest BCUT2D eigenvalue weighted by Gasteiger charge is -2.35. The predicted molar refractivity (Wildman–Crippen MR) is 109 cm³/mol. The summed E-state index contributed by atoms with van der Waals surface area (Å²) in [6, 6.07) is 5.08. The Morgan fingerprint density at radius 1 is 1.33 bits per heavy atom. The number of aromatic nitrogens is 2. The number of carbonyl (C=O) groups excluding carboxylic acids is 1. The van der Waals surface area contributed by atoms with E-state index in [9.17, 15) is 9.59 Å². The molecule has 1 aliphatic rings. The molecule has 0 unspecified atom stereocenters. The summed E-state index contributed by atoms with van der Waals surface area (Å²) in [5.41, 5.74) is 0.463. The molecule has 8 heteroatoms. The Bertz CT molecular complexity index is 892. The van der Waals surface area contributed by atoms with Crippen LogP contribution in [0.25, 0.3) is 10.9 Å². The van der Waals surface area contributed by atoms with Gasteiger partial charge in [-0.25, -0.2) is 4.98 Å². The second kappa shape index (κ2) is 8.63. The van der Waals surface area contributed by atoms with Crippen LogP contribution in [0.15, 0.2) is 28.2 Å². The summed E-state index contributed by atoms with van der Waals surface area (Å²) in [6.45, 7) is 7.69. The fourth-order valence-electron chi connectivity index (χ4n) is 3.30. The molecule has 2 aromatic rings. The standard InChI is InChI=1S/C19H24ClN3O3S/c1-4-7-23-18(25)15-6-5-14(20)8-16(15)21-19(23)27-11-17(24)22-9-12(2)26-13(3)10-22/h5-6,8,12-13H,4,7,9-11H2,1-3H3/t12-,13-/m1/s1. The number of halogens is 1. The lowest BCUT2D eigenvalue weighted by atomic mass is 10.2. The van der Waals surface area contributed by atoms with E-state index in [-0.39, 0.29) is 29.4 Å². The molecule has 0 N–H and O–H groups in total. The Kier molecular flexibility index (Phi) is 6.44. The molecule has 27 heavy (non-hydrogen) atoms. The summed E-state index contributed by atoms with van der Waals surface area (Å²) >= 11 is 7.36. The van der Waals surface area contributed by atoms with Crippen LogP contribution in [0.5, 0.6) is 0 Å². The summed E-state index contributed by atoms with van der Waals surface area (Å²) in [5.74, 6) is 0.271. The minimum atomic E-state index is -0.0953. The van der Waals surface area contributed by atoms with Gasteiger partial charge in [0.1, 0.15) is 0 Å². The molecular formula is C19H24ClN3O3S. The topological polar surface area (TPSA) is 64.4 Å². The number of thioether (sulfide) groups is 1. The molecule has 146 valence electrons. The van der Waals surface area contributed by atoms with Crippen molar-refractivity contribution >= 4 is 40.2 Å². The van der Waals surface area contributed by atoms with Gasteiger partial charge in [0.05, 0.1) is 28.9 Å². The van der Waals surface area contributed by atoms with Crippen LogP contribution in [0.1, 0.15) is 27.2 Å². The Hall–Kier alpha value is -1.57. The molecule has 1 saturated heterocycles. The average molecular weight is 410 g/mol. The van der Waals surface area contributed by atoms with Gasteiger partial charge in [-0.3, -0.25) is 14.2 Å². The van der Waals surface area contributed by atoms with E-state index in [0.29, 0.717) is 40.7 Å². The van der Waals surface area contributed by atoms with E-state index >= 15 is 0 Å². The quantitative estimate of drug-likeness (QED) is 0.560. The number of ether oxygens (including phenoxy) is 1.